The summed E-state index contributed by atoms with van der Waals surface area (Å²) in [6, 6.07) is 7.63. The van der Waals surface area contributed by atoms with Crippen molar-refractivity contribution in [2.45, 2.75) is 65.1 Å². The van der Waals surface area contributed by atoms with E-state index in [-0.39, 0.29) is 18.0 Å². The lowest BCUT2D eigenvalue weighted by Crippen LogP contribution is -2.42. The number of aliphatic carboxylic acids is 1. The smallest absolute Gasteiger partial charge is 0.410 e. The molecule has 1 aromatic carbocycles. The SMILES string of the molecule is Cc1cnc(NCCc2cccc(OC[C@H]3CCCN3C(=O)OC(C)(C)C)c2)c(=O)n1CC(=O)O. The average Bonchev–Trinajstić information content (AvgIpc) is 3.25. The number of nitrogens with one attached hydrogen (secondary N) is 1. The van der Waals surface area contributed by atoms with Crippen LogP contribution < -0.4 is 15.6 Å². The van der Waals surface area contributed by atoms with Gasteiger partial charge < -0.3 is 24.8 Å². The number of hydrogen-bond donors (Lipinski definition) is 2. The maximum atomic E-state index is 12.5. The van der Waals surface area contributed by atoms with Crippen LogP contribution in [-0.2, 0) is 22.5 Å². The van der Waals surface area contributed by atoms with Gasteiger partial charge in [0, 0.05) is 25.0 Å². The molecule has 1 fully saturated rings. The lowest BCUT2D eigenvalue weighted by molar-refractivity contribution is -0.137. The zero-order valence-electron chi connectivity index (χ0n) is 20.7. The highest BCUT2D eigenvalue weighted by Crippen LogP contribution is 2.22. The first-order chi connectivity index (χ1) is 16.5. The van der Waals surface area contributed by atoms with Crippen molar-refractivity contribution in [3.05, 3.63) is 52.1 Å². The fourth-order valence-corrected chi connectivity index (χ4v) is 3.90. The largest absolute Gasteiger partial charge is 0.491 e. The van der Waals surface area contributed by atoms with E-state index in [1.54, 1.807) is 11.8 Å². The Balaban J connectivity index is 1.54. The van der Waals surface area contributed by atoms with Crippen LogP contribution in [0, 0.1) is 6.92 Å². The third kappa shape index (κ3) is 7.46. The second kappa shape index (κ2) is 11.2. The number of carbonyl (C=O) groups is 2. The summed E-state index contributed by atoms with van der Waals surface area (Å²) in [6.07, 6.45) is 3.56. The lowest BCUT2D eigenvalue weighted by atomic mass is 10.1. The molecule has 1 atom stereocenters. The number of anilines is 1. The molecule has 0 aliphatic carbocycles. The highest BCUT2D eigenvalue weighted by atomic mass is 16.6. The fraction of sp³-hybridized carbons (Fsp3) is 0.520. The van der Waals surface area contributed by atoms with Crippen molar-refractivity contribution in [2.24, 2.45) is 0 Å². The van der Waals surface area contributed by atoms with Gasteiger partial charge in [-0.05, 0) is 64.7 Å². The highest BCUT2D eigenvalue weighted by Gasteiger charge is 2.32. The number of benzene rings is 1. The first-order valence-electron chi connectivity index (χ1n) is 11.8. The third-order valence-corrected chi connectivity index (χ3v) is 5.60. The Labute approximate surface area is 204 Å². The van der Waals surface area contributed by atoms with Gasteiger partial charge in [0.15, 0.2) is 5.82 Å². The molecule has 0 saturated carbocycles. The quantitative estimate of drug-likeness (QED) is 0.554. The summed E-state index contributed by atoms with van der Waals surface area (Å²) in [5.41, 5.74) is 0.490. The molecule has 1 amide bonds. The Morgan fingerprint density at radius 1 is 1.29 bits per heavy atom. The summed E-state index contributed by atoms with van der Waals surface area (Å²) in [5.74, 6) is -0.264. The Bertz CT molecular complexity index is 1110. The van der Waals surface area contributed by atoms with Gasteiger partial charge in [-0.3, -0.25) is 14.2 Å². The third-order valence-electron chi connectivity index (χ3n) is 5.60. The number of nitrogens with zero attached hydrogens (tertiary/aromatic N) is 3. The second-order valence-corrected chi connectivity index (χ2v) is 9.64. The molecular weight excluding hydrogens is 452 g/mol. The molecule has 2 heterocycles. The predicted molar refractivity (Wildman–Crippen MR) is 131 cm³/mol. The number of carbonyl (C=O) groups excluding carboxylic acids is 1. The number of carboxylic acids is 1. The molecule has 0 spiro atoms. The number of aromatic nitrogens is 2. The number of ether oxygens (including phenoxy) is 2. The zero-order valence-corrected chi connectivity index (χ0v) is 20.7. The van der Waals surface area contributed by atoms with Gasteiger partial charge in [0.1, 0.15) is 24.5 Å². The zero-order chi connectivity index (χ0) is 25.6. The molecule has 190 valence electrons. The monoisotopic (exact) mass is 486 g/mol. The molecular formula is C25H34N4O6. The molecule has 35 heavy (non-hydrogen) atoms. The van der Waals surface area contributed by atoms with Crippen molar-refractivity contribution < 1.29 is 24.2 Å². The van der Waals surface area contributed by atoms with E-state index in [2.05, 4.69) is 10.3 Å². The molecule has 1 saturated heterocycles. The van der Waals surface area contributed by atoms with Gasteiger partial charge in [-0.25, -0.2) is 9.78 Å². The van der Waals surface area contributed by atoms with Crippen LogP contribution in [0.15, 0.2) is 35.3 Å². The minimum atomic E-state index is -1.09. The van der Waals surface area contributed by atoms with Crippen molar-refractivity contribution in [1.82, 2.24) is 14.5 Å². The van der Waals surface area contributed by atoms with E-state index < -0.39 is 23.7 Å². The standard InChI is InChI=1S/C25H34N4O6/c1-17-14-27-22(23(32)29(17)15-21(30)31)26-11-10-18-7-5-9-20(13-18)34-16-19-8-6-12-28(19)24(33)35-25(2,3)4/h5,7,9,13-14,19H,6,8,10-12,15-16H2,1-4H3,(H,26,27)(H,30,31)/t19-/m1/s1. The summed E-state index contributed by atoms with van der Waals surface area (Å²) >= 11 is 0. The first-order valence-corrected chi connectivity index (χ1v) is 11.8. The maximum Gasteiger partial charge on any atom is 0.410 e. The Hall–Kier alpha value is -3.56. The Morgan fingerprint density at radius 3 is 2.77 bits per heavy atom. The molecule has 1 aliphatic rings. The lowest BCUT2D eigenvalue weighted by Gasteiger charge is -2.28. The van der Waals surface area contributed by atoms with E-state index >= 15 is 0 Å². The topological polar surface area (TPSA) is 123 Å². The van der Waals surface area contributed by atoms with E-state index in [0.717, 1.165) is 18.4 Å². The number of rotatable bonds is 9. The Kier molecular flexibility index (Phi) is 8.37. The van der Waals surface area contributed by atoms with Gasteiger partial charge in [-0.2, -0.15) is 0 Å². The van der Waals surface area contributed by atoms with E-state index in [1.165, 1.54) is 10.8 Å². The number of hydrogen-bond acceptors (Lipinski definition) is 7. The van der Waals surface area contributed by atoms with Crippen LogP contribution in [0.5, 0.6) is 5.75 Å². The molecule has 2 aromatic rings. The normalized spacial score (nSPS) is 15.7. The molecule has 1 aromatic heterocycles. The summed E-state index contributed by atoms with van der Waals surface area (Å²) in [4.78, 5) is 41.8. The molecule has 10 heteroatoms. The van der Waals surface area contributed by atoms with Gasteiger partial charge >= 0.3 is 12.1 Å². The van der Waals surface area contributed by atoms with Crippen molar-refractivity contribution in [2.75, 3.05) is 25.0 Å². The first kappa shape index (κ1) is 26.1. The van der Waals surface area contributed by atoms with Crippen molar-refractivity contribution in [1.29, 1.82) is 0 Å². The van der Waals surface area contributed by atoms with Gasteiger partial charge in [0.05, 0.1) is 6.04 Å². The molecule has 10 nitrogen and oxygen atoms in total. The van der Waals surface area contributed by atoms with Crippen molar-refractivity contribution in [3.63, 3.8) is 0 Å². The number of amides is 1. The minimum absolute atomic E-state index is 0.0317. The van der Waals surface area contributed by atoms with Gasteiger partial charge in [-0.15, -0.1) is 0 Å². The highest BCUT2D eigenvalue weighted by molar-refractivity contribution is 5.69. The molecule has 0 radical (unpaired) electrons. The van der Waals surface area contributed by atoms with E-state index in [0.29, 0.717) is 37.6 Å². The second-order valence-electron chi connectivity index (χ2n) is 9.64. The van der Waals surface area contributed by atoms with Gasteiger partial charge in [0.2, 0.25) is 0 Å². The molecule has 0 bridgehead atoms. The van der Waals surface area contributed by atoms with Crippen LogP contribution >= 0.6 is 0 Å². The van der Waals surface area contributed by atoms with Crippen LogP contribution in [0.3, 0.4) is 0 Å². The molecule has 2 N–H and O–H groups in total. The van der Waals surface area contributed by atoms with Crippen molar-refractivity contribution >= 4 is 17.9 Å². The summed E-state index contributed by atoms with van der Waals surface area (Å²) in [5, 5.41) is 12.0. The number of likely N-dealkylation sites (tertiary alicyclic amines) is 1. The maximum absolute atomic E-state index is 12.5. The molecule has 1 aliphatic heterocycles. The fourth-order valence-electron chi connectivity index (χ4n) is 3.90. The summed E-state index contributed by atoms with van der Waals surface area (Å²) < 4.78 is 12.7. The Morgan fingerprint density at radius 2 is 2.06 bits per heavy atom. The van der Waals surface area contributed by atoms with Gasteiger partial charge in [-0.1, -0.05) is 12.1 Å². The van der Waals surface area contributed by atoms with Crippen LogP contribution in [-0.4, -0.2) is 63.0 Å². The van der Waals surface area contributed by atoms with Crippen molar-refractivity contribution in [3.8, 4) is 5.75 Å². The van der Waals surface area contributed by atoms with Gasteiger partial charge in [0.25, 0.3) is 5.56 Å². The molecule has 3 rings (SSSR count). The summed E-state index contributed by atoms with van der Waals surface area (Å²) in [6.45, 7) is 8.29. The molecule has 0 unspecified atom stereocenters. The van der Waals surface area contributed by atoms with E-state index in [1.807, 2.05) is 45.0 Å². The van der Waals surface area contributed by atoms with Crippen LogP contribution in [0.1, 0.15) is 44.9 Å². The average molecular weight is 487 g/mol. The summed E-state index contributed by atoms with van der Waals surface area (Å²) in [7, 11) is 0. The van der Waals surface area contributed by atoms with Crippen LogP contribution in [0.2, 0.25) is 0 Å². The van der Waals surface area contributed by atoms with E-state index in [4.69, 9.17) is 14.6 Å². The van der Waals surface area contributed by atoms with E-state index in [9.17, 15) is 14.4 Å². The van der Waals surface area contributed by atoms with Crippen LogP contribution in [0.4, 0.5) is 10.6 Å². The van der Waals surface area contributed by atoms with Crippen LogP contribution in [0.25, 0.3) is 0 Å². The minimum Gasteiger partial charge on any atom is -0.491 e. The number of carboxylic acid groups (broad SMARTS) is 1. The predicted octanol–water partition coefficient (Wildman–Crippen LogP) is 3.07. The number of aryl methyl sites for hydroxylation is 1.